The Morgan fingerprint density at radius 1 is 1.04 bits per heavy atom. The highest BCUT2D eigenvalue weighted by Gasteiger charge is 2.11. The molecule has 0 aliphatic carbocycles. The number of ketones is 1. The van der Waals surface area contributed by atoms with Crippen LogP contribution in [0.25, 0.3) is 0 Å². The van der Waals surface area contributed by atoms with Gasteiger partial charge in [-0.05, 0) is 44.0 Å². The summed E-state index contributed by atoms with van der Waals surface area (Å²) in [6.07, 6.45) is 1.66. The van der Waals surface area contributed by atoms with E-state index in [4.69, 9.17) is 9.47 Å². The van der Waals surface area contributed by atoms with Crippen LogP contribution in [-0.4, -0.2) is 36.9 Å². The summed E-state index contributed by atoms with van der Waals surface area (Å²) in [5.74, 6) is -0.536. The number of benzene rings is 1. The maximum absolute atomic E-state index is 11.6. The molecule has 0 bridgehead atoms. The summed E-state index contributed by atoms with van der Waals surface area (Å²) in [5, 5.41) is 2.77. The minimum Gasteiger partial charge on any atom is -0.482 e. The van der Waals surface area contributed by atoms with E-state index in [1.165, 1.54) is 6.92 Å². The van der Waals surface area contributed by atoms with E-state index in [9.17, 15) is 14.4 Å². The van der Waals surface area contributed by atoms with Crippen molar-refractivity contribution in [3.05, 3.63) is 29.8 Å². The van der Waals surface area contributed by atoms with Crippen molar-refractivity contribution in [1.29, 1.82) is 0 Å². The average Bonchev–Trinajstić information content (AvgIpc) is 2.56. The standard InChI is InChI=1S/C17H23NO5/c1-4-14(5-2)18-16(20)10-23-17(21)11-22-15-8-6-13(7-9-15)12(3)19/h6-9,14H,4-5,10-11H2,1-3H3,(H,18,20). The Labute approximate surface area is 136 Å². The third kappa shape index (κ3) is 6.95. The zero-order chi connectivity index (χ0) is 17.2. The molecule has 6 nitrogen and oxygen atoms in total. The van der Waals surface area contributed by atoms with E-state index in [1.54, 1.807) is 24.3 Å². The third-order valence-electron chi connectivity index (χ3n) is 3.33. The molecule has 1 aromatic carbocycles. The van der Waals surface area contributed by atoms with Crippen LogP contribution in [-0.2, 0) is 14.3 Å². The molecule has 0 spiro atoms. The largest absolute Gasteiger partial charge is 0.482 e. The lowest BCUT2D eigenvalue weighted by Crippen LogP contribution is -2.37. The first-order valence-corrected chi connectivity index (χ1v) is 7.65. The molecule has 23 heavy (non-hydrogen) atoms. The van der Waals surface area contributed by atoms with E-state index in [0.29, 0.717) is 11.3 Å². The number of ether oxygens (including phenoxy) is 2. The van der Waals surface area contributed by atoms with E-state index >= 15 is 0 Å². The fourth-order valence-corrected chi connectivity index (χ4v) is 1.88. The van der Waals surface area contributed by atoms with Gasteiger partial charge < -0.3 is 14.8 Å². The van der Waals surface area contributed by atoms with Crippen molar-refractivity contribution in [3.8, 4) is 5.75 Å². The molecule has 0 atom stereocenters. The molecule has 0 fully saturated rings. The van der Waals surface area contributed by atoms with Crippen molar-refractivity contribution in [1.82, 2.24) is 5.32 Å². The lowest BCUT2D eigenvalue weighted by molar-refractivity contribution is -0.150. The lowest BCUT2D eigenvalue weighted by Gasteiger charge is -2.14. The minimum atomic E-state index is -0.625. The second kappa shape index (κ2) is 9.61. The molecule has 0 aliphatic rings. The molecule has 0 aliphatic heterocycles. The molecule has 6 heteroatoms. The number of Topliss-reactive ketones (excluding diaryl/α,β-unsaturated/α-hetero) is 1. The van der Waals surface area contributed by atoms with Gasteiger partial charge in [0.05, 0.1) is 0 Å². The number of hydrogen-bond acceptors (Lipinski definition) is 5. The molecular weight excluding hydrogens is 298 g/mol. The van der Waals surface area contributed by atoms with Crippen LogP contribution in [0.2, 0.25) is 0 Å². The molecule has 0 heterocycles. The highest BCUT2D eigenvalue weighted by molar-refractivity contribution is 5.94. The van der Waals surface area contributed by atoms with E-state index < -0.39 is 5.97 Å². The van der Waals surface area contributed by atoms with Crippen molar-refractivity contribution in [2.45, 2.75) is 39.7 Å². The maximum atomic E-state index is 11.6. The predicted octanol–water partition coefficient (Wildman–Crippen LogP) is 2.12. The van der Waals surface area contributed by atoms with Gasteiger partial charge in [-0.25, -0.2) is 4.79 Å². The second-order valence-corrected chi connectivity index (χ2v) is 5.11. The molecule has 0 saturated carbocycles. The van der Waals surface area contributed by atoms with Crippen molar-refractivity contribution >= 4 is 17.7 Å². The van der Waals surface area contributed by atoms with Crippen LogP contribution in [0, 0.1) is 0 Å². The SMILES string of the molecule is CCC(CC)NC(=O)COC(=O)COc1ccc(C(C)=O)cc1. The number of nitrogens with one attached hydrogen (secondary N) is 1. The quantitative estimate of drug-likeness (QED) is 0.556. The molecule has 0 radical (unpaired) electrons. The Morgan fingerprint density at radius 2 is 1.65 bits per heavy atom. The first-order chi connectivity index (χ1) is 11.0. The second-order valence-electron chi connectivity index (χ2n) is 5.11. The molecule has 1 rings (SSSR count). The molecule has 126 valence electrons. The number of carbonyl (C=O) groups is 3. The fraction of sp³-hybridized carbons (Fsp3) is 0.471. The Kier molecular flexibility index (Phi) is 7.80. The Hall–Kier alpha value is -2.37. The Balaban J connectivity index is 2.31. The number of hydrogen-bond donors (Lipinski definition) is 1. The van der Waals surface area contributed by atoms with Crippen LogP contribution in [0.3, 0.4) is 0 Å². The zero-order valence-corrected chi connectivity index (χ0v) is 13.8. The smallest absolute Gasteiger partial charge is 0.344 e. The summed E-state index contributed by atoms with van der Waals surface area (Å²) in [5.41, 5.74) is 0.568. The van der Waals surface area contributed by atoms with E-state index in [1.807, 2.05) is 13.8 Å². The highest BCUT2D eigenvalue weighted by atomic mass is 16.6. The summed E-state index contributed by atoms with van der Waals surface area (Å²) in [6, 6.07) is 6.53. The molecule has 1 aromatic rings. The van der Waals surface area contributed by atoms with Gasteiger partial charge in [0.1, 0.15) is 5.75 Å². The van der Waals surface area contributed by atoms with Gasteiger partial charge in [-0.2, -0.15) is 0 Å². The van der Waals surface area contributed by atoms with Crippen LogP contribution in [0.5, 0.6) is 5.75 Å². The van der Waals surface area contributed by atoms with Gasteiger partial charge in [0, 0.05) is 11.6 Å². The predicted molar refractivity (Wildman–Crippen MR) is 85.4 cm³/mol. The van der Waals surface area contributed by atoms with Crippen LogP contribution in [0.1, 0.15) is 44.0 Å². The molecule has 1 N–H and O–H groups in total. The van der Waals surface area contributed by atoms with Gasteiger partial charge in [-0.1, -0.05) is 13.8 Å². The van der Waals surface area contributed by atoms with Crippen molar-refractivity contribution < 1.29 is 23.9 Å². The zero-order valence-electron chi connectivity index (χ0n) is 13.8. The molecule has 0 unspecified atom stereocenters. The third-order valence-corrected chi connectivity index (χ3v) is 3.33. The summed E-state index contributed by atoms with van der Waals surface area (Å²) in [7, 11) is 0. The first-order valence-electron chi connectivity index (χ1n) is 7.65. The normalized spacial score (nSPS) is 10.3. The molecular formula is C17H23NO5. The van der Waals surface area contributed by atoms with Gasteiger partial charge in [0.2, 0.25) is 0 Å². The summed E-state index contributed by atoms with van der Waals surface area (Å²) >= 11 is 0. The maximum Gasteiger partial charge on any atom is 0.344 e. The lowest BCUT2D eigenvalue weighted by atomic mass is 10.1. The van der Waals surface area contributed by atoms with Crippen LogP contribution in [0.4, 0.5) is 0 Å². The molecule has 0 saturated heterocycles. The summed E-state index contributed by atoms with van der Waals surface area (Å²) < 4.78 is 10.1. The monoisotopic (exact) mass is 321 g/mol. The van der Waals surface area contributed by atoms with Crippen molar-refractivity contribution in [2.75, 3.05) is 13.2 Å². The van der Waals surface area contributed by atoms with Crippen LogP contribution in [0.15, 0.2) is 24.3 Å². The highest BCUT2D eigenvalue weighted by Crippen LogP contribution is 2.12. The van der Waals surface area contributed by atoms with Gasteiger partial charge in [0.15, 0.2) is 19.0 Å². The van der Waals surface area contributed by atoms with E-state index in [-0.39, 0.29) is 30.9 Å². The van der Waals surface area contributed by atoms with Gasteiger partial charge >= 0.3 is 5.97 Å². The van der Waals surface area contributed by atoms with Gasteiger partial charge in [0.25, 0.3) is 5.91 Å². The number of amides is 1. The summed E-state index contributed by atoms with van der Waals surface area (Å²) in [6.45, 7) is 4.82. The summed E-state index contributed by atoms with van der Waals surface area (Å²) in [4.78, 5) is 34.3. The molecule has 1 amide bonds. The number of carbonyl (C=O) groups excluding carboxylic acids is 3. The average molecular weight is 321 g/mol. The van der Waals surface area contributed by atoms with Crippen molar-refractivity contribution in [3.63, 3.8) is 0 Å². The number of esters is 1. The molecule has 0 aromatic heterocycles. The van der Waals surface area contributed by atoms with Crippen LogP contribution >= 0.6 is 0 Å². The Bertz CT molecular complexity index is 534. The Morgan fingerprint density at radius 3 is 2.17 bits per heavy atom. The van der Waals surface area contributed by atoms with Crippen LogP contribution < -0.4 is 10.1 Å². The minimum absolute atomic E-state index is 0.0422. The van der Waals surface area contributed by atoms with Crippen molar-refractivity contribution in [2.24, 2.45) is 0 Å². The van der Waals surface area contributed by atoms with E-state index in [0.717, 1.165) is 12.8 Å². The fourth-order valence-electron chi connectivity index (χ4n) is 1.88. The first kappa shape index (κ1) is 18.7. The topological polar surface area (TPSA) is 81.7 Å². The van der Waals surface area contributed by atoms with E-state index in [2.05, 4.69) is 5.32 Å². The number of rotatable bonds is 9. The van der Waals surface area contributed by atoms with Gasteiger partial charge in [-0.3, -0.25) is 9.59 Å². The van der Waals surface area contributed by atoms with Gasteiger partial charge in [-0.15, -0.1) is 0 Å².